The van der Waals surface area contributed by atoms with Crippen LogP contribution in [0.25, 0.3) is 5.69 Å². The Hall–Kier alpha value is -2.24. The van der Waals surface area contributed by atoms with Gasteiger partial charge in [-0.3, -0.25) is 10.1 Å². The van der Waals surface area contributed by atoms with E-state index in [9.17, 15) is 10.1 Å². The van der Waals surface area contributed by atoms with Gasteiger partial charge >= 0.3 is 0 Å². The van der Waals surface area contributed by atoms with Gasteiger partial charge in [0.15, 0.2) is 0 Å². The molecular formula is C11H12N4O2. The zero-order valence-corrected chi connectivity index (χ0v) is 9.41. The minimum absolute atomic E-state index is 0.0749. The van der Waals surface area contributed by atoms with E-state index in [2.05, 4.69) is 17.0 Å². The van der Waals surface area contributed by atoms with Crippen LogP contribution in [0.15, 0.2) is 30.6 Å². The lowest BCUT2D eigenvalue weighted by molar-refractivity contribution is -0.384. The molecule has 0 atom stereocenters. The molecule has 1 heterocycles. The number of benzene rings is 1. The van der Waals surface area contributed by atoms with Gasteiger partial charge in [0.25, 0.3) is 5.69 Å². The molecule has 0 aliphatic heterocycles. The Morgan fingerprint density at radius 3 is 2.65 bits per heavy atom. The molecule has 0 N–H and O–H groups in total. The van der Waals surface area contributed by atoms with Crippen LogP contribution in [-0.4, -0.2) is 19.7 Å². The summed E-state index contributed by atoms with van der Waals surface area (Å²) in [4.78, 5) is 14.3. The van der Waals surface area contributed by atoms with Crippen molar-refractivity contribution in [1.82, 2.24) is 14.8 Å². The van der Waals surface area contributed by atoms with Crippen LogP contribution in [0.2, 0.25) is 0 Å². The number of nitro groups is 1. The van der Waals surface area contributed by atoms with Crippen LogP contribution in [-0.2, 0) is 6.42 Å². The summed E-state index contributed by atoms with van der Waals surface area (Å²) in [5.41, 5.74) is 0.863. The molecule has 0 aliphatic carbocycles. The van der Waals surface area contributed by atoms with Crippen molar-refractivity contribution in [2.45, 2.75) is 19.8 Å². The molecule has 6 heteroatoms. The number of hydrogen-bond acceptors (Lipinski definition) is 4. The van der Waals surface area contributed by atoms with Crippen molar-refractivity contribution < 1.29 is 4.92 Å². The number of non-ortho nitro benzene ring substituents is 1. The second kappa shape index (κ2) is 4.73. The summed E-state index contributed by atoms with van der Waals surface area (Å²) in [6, 6.07) is 6.28. The van der Waals surface area contributed by atoms with Gasteiger partial charge < -0.3 is 0 Å². The van der Waals surface area contributed by atoms with E-state index in [0.717, 1.165) is 24.4 Å². The zero-order valence-electron chi connectivity index (χ0n) is 9.41. The minimum atomic E-state index is -0.419. The van der Waals surface area contributed by atoms with Crippen molar-refractivity contribution in [2.24, 2.45) is 0 Å². The number of aromatic nitrogens is 3. The highest BCUT2D eigenvalue weighted by atomic mass is 16.6. The smallest absolute Gasteiger partial charge is 0.258 e. The summed E-state index contributed by atoms with van der Waals surface area (Å²) in [6.07, 6.45) is 3.30. The highest BCUT2D eigenvalue weighted by Gasteiger charge is 2.08. The molecule has 0 saturated heterocycles. The fraction of sp³-hybridized carbons (Fsp3) is 0.273. The van der Waals surface area contributed by atoms with Gasteiger partial charge in [0.05, 0.1) is 10.6 Å². The SMILES string of the molecule is CCCc1ncnn1-c1ccc([N+](=O)[O-])cc1. The Kier molecular flexibility index (Phi) is 3.13. The largest absolute Gasteiger partial charge is 0.269 e. The maximum atomic E-state index is 10.5. The van der Waals surface area contributed by atoms with Gasteiger partial charge in [-0.15, -0.1) is 0 Å². The van der Waals surface area contributed by atoms with Crippen LogP contribution in [0.5, 0.6) is 0 Å². The highest BCUT2D eigenvalue weighted by Crippen LogP contribution is 2.15. The third kappa shape index (κ3) is 2.30. The lowest BCUT2D eigenvalue weighted by atomic mass is 10.2. The van der Waals surface area contributed by atoms with Crippen molar-refractivity contribution >= 4 is 5.69 Å². The molecule has 0 spiro atoms. The van der Waals surface area contributed by atoms with Crippen LogP contribution >= 0.6 is 0 Å². The Morgan fingerprint density at radius 1 is 1.35 bits per heavy atom. The summed E-state index contributed by atoms with van der Waals surface area (Å²) in [5.74, 6) is 0.862. The number of aryl methyl sites for hydroxylation is 1. The van der Waals surface area contributed by atoms with E-state index in [-0.39, 0.29) is 5.69 Å². The minimum Gasteiger partial charge on any atom is -0.258 e. The lowest BCUT2D eigenvalue weighted by Crippen LogP contribution is -2.02. The van der Waals surface area contributed by atoms with Crippen LogP contribution in [0, 0.1) is 10.1 Å². The number of nitrogens with zero attached hydrogens (tertiary/aromatic N) is 4. The monoisotopic (exact) mass is 232 g/mol. The fourth-order valence-corrected chi connectivity index (χ4v) is 1.59. The second-order valence-electron chi connectivity index (χ2n) is 3.61. The summed E-state index contributed by atoms with van der Waals surface area (Å²) < 4.78 is 1.70. The first-order valence-electron chi connectivity index (χ1n) is 5.36. The van der Waals surface area contributed by atoms with Gasteiger partial charge in [0.1, 0.15) is 12.2 Å². The first kappa shape index (κ1) is 11.3. The third-order valence-electron chi connectivity index (χ3n) is 2.40. The van der Waals surface area contributed by atoms with E-state index in [1.807, 2.05) is 0 Å². The molecule has 0 amide bonds. The van der Waals surface area contributed by atoms with Gasteiger partial charge in [-0.1, -0.05) is 6.92 Å². The van der Waals surface area contributed by atoms with Crippen LogP contribution < -0.4 is 0 Å². The van der Waals surface area contributed by atoms with E-state index >= 15 is 0 Å². The Labute approximate surface area is 98.1 Å². The van der Waals surface area contributed by atoms with Crippen molar-refractivity contribution in [1.29, 1.82) is 0 Å². The van der Waals surface area contributed by atoms with Gasteiger partial charge in [-0.25, -0.2) is 9.67 Å². The van der Waals surface area contributed by atoms with Crippen LogP contribution in [0.3, 0.4) is 0 Å². The molecule has 1 aromatic heterocycles. The molecule has 0 bridgehead atoms. The molecule has 0 fully saturated rings. The molecule has 88 valence electrons. The molecule has 6 nitrogen and oxygen atoms in total. The summed E-state index contributed by atoms with van der Waals surface area (Å²) in [6.45, 7) is 2.06. The molecule has 1 aromatic carbocycles. The number of rotatable bonds is 4. The maximum absolute atomic E-state index is 10.5. The fourth-order valence-electron chi connectivity index (χ4n) is 1.59. The maximum Gasteiger partial charge on any atom is 0.269 e. The van der Waals surface area contributed by atoms with E-state index < -0.39 is 4.92 Å². The average molecular weight is 232 g/mol. The Balaban J connectivity index is 2.33. The quantitative estimate of drug-likeness (QED) is 0.597. The topological polar surface area (TPSA) is 73.8 Å². The predicted molar refractivity (Wildman–Crippen MR) is 62.0 cm³/mol. The van der Waals surface area contributed by atoms with E-state index in [1.165, 1.54) is 18.5 Å². The first-order valence-corrected chi connectivity index (χ1v) is 5.36. The van der Waals surface area contributed by atoms with Gasteiger partial charge in [-0.05, 0) is 18.6 Å². The Bertz CT molecular complexity index is 519. The second-order valence-corrected chi connectivity index (χ2v) is 3.61. The number of nitro benzene ring substituents is 1. The highest BCUT2D eigenvalue weighted by molar-refractivity contribution is 5.40. The molecule has 0 saturated carbocycles. The summed E-state index contributed by atoms with van der Waals surface area (Å²) in [7, 11) is 0. The summed E-state index contributed by atoms with van der Waals surface area (Å²) >= 11 is 0. The normalized spacial score (nSPS) is 10.4. The van der Waals surface area contributed by atoms with Crippen LogP contribution in [0.1, 0.15) is 19.2 Å². The lowest BCUT2D eigenvalue weighted by Gasteiger charge is -2.04. The average Bonchev–Trinajstić information content (AvgIpc) is 2.78. The van der Waals surface area contributed by atoms with E-state index in [1.54, 1.807) is 16.8 Å². The van der Waals surface area contributed by atoms with Gasteiger partial charge in [0.2, 0.25) is 0 Å². The molecule has 0 unspecified atom stereocenters. The molecule has 2 rings (SSSR count). The van der Waals surface area contributed by atoms with Gasteiger partial charge in [-0.2, -0.15) is 5.10 Å². The van der Waals surface area contributed by atoms with Crippen molar-refractivity contribution in [3.63, 3.8) is 0 Å². The molecular weight excluding hydrogens is 220 g/mol. The van der Waals surface area contributed by atoms with Crippen molar-refractivity contribution in [3.05, 3.63) is 46.5 Å². The van der Waals surface area contributed by atoms with E-state index in [0.29, 0.717) is 0 Å². The summed E-state index contributed by atoms with van der Waals surface area (Å²) in [5, 5.41) is 14.7. The molecule has 0 radical (unpaired) electrons. The van der Waals surface area contributed by atoms with E-state index in [4.69, 9.17) is 0 Å². The van der Waals surface area contributed by atoms with Gasteiger partial charge in [0, 0.05) is 18.6 Å². The zero-order chi connectivity index (χ0) is 12.3. The van der Waals surface area contributed by atoms with Crippen molar-refractivity contribution in [2.75, 3.05) is 0 Å². The Morgan fingerprint density at radius 2 is 2.06 bits per heavy atom. The molecule has 17 heavy (non-hydrogen) atoms. The first-order chi connectivity index (χ1) is 8.22. The number of hydrogen-bond donors (Lipinski definition) is 0. The molecule has 0 aliphatic rings. The van der Waals surface area contributed by atoms with Crippen molar-refractivity contribution in [3.8, 4) is 5.69 Å². The third-order valence-corrected chi connectivity index (χ3v) is 2.40. The standard InChI is InChI=1S/C11H12N4O2/c1-2-3-11-12-8-13-14(11)9-4-6-10(7-5-9)15(16)17/h4-8H,2-3H2,1H3. The molecule has 2 aromatic rings. The van der Waals surface area contributed by atoms with Crippen LogP contribution in [0.4, 0.5) is 5.69 Å². The predicted octanol–water partition coefficient (Wildman–Crippen LogP) is 2.13.